The van der Waals surface area contributed by atoms with Gasteiger partial charge in [-0.25, -0.2) is 0 Å². The predicted octanol–water partition coefficient (Wildman–Crippen LogP) is 5.44. The van der Waals surface area contributed by atoms with Gasteiger partial charge in [0.2, 0.25) is 0 Å². The van der Waals surface area contributed by atoms with Crippen LogP contribution in [0.5, 0.6) is 5.75 Å². The first-order valence-electron chi connectivity index (χ1n) is 8.47. The van der Waals surface area contributed by atoms with Crippen molar-refractivity contribution in [2.45, 2.75) is 18.6 Å². The molecule has 0 radical (unpaired) electrons. The monoisotopic (exact) mass is 399 g/mol. The highest BCUT2D eigenvalue weighted by atomic mass is 35.5. The Morgan fingerprint density at radius 1 is 0.926 bits per heavy atom. The Kier molecular flexibility index (Phi) is 5.85. The fraction of sp³-hybridized carbons (Fsp3) is 0.136. The molecular weight excluding hydrogens is 381 g/mol. The van der Waals surface area contributed by atoms with Crippen molar-refractivity contribution in [2.24, 2.45) is 4.99 Å². The molecule has 0 unspecified atom stereocenters. The number of aliphatic hydroxyl groups is 1. The number of halogens is 2. The van der Waals surface area contributed by atoms with E-state index in [9.17, 15) is 10.2 Å². The maximum absolute atomic E-state index is 11.7. The molecule has 3 rings (SSSR count). The largest absolute Gasteiger partial charge is 0.506 e. The van der Waals surface area contributed by atoms with E-state index in [4.69, 9.17) is 23.2 Å². The molecule has 0 aliphatic rings. The van der Waals surface area contributed by atoms with Crippen molar-refractivity contribution >= 4 is 29.4 Å². The van der Waals surface area contributed by atoms with Crippen LogP contribution in [0.3, 0.4) is 0 Å². The van der Waals surface area contributed by atoms with Crippen LogP contribution < -0.4 is 0 Å². The third-order valence-electron chi connectivity index (χ3n) is 4.53. The van der Waals surface area contributed by atoms with Gasteiger partial charge in [-0.15, -0.1) is 0 Å². The summed E-state index contributed by atoms with van der Waals surface area (Å²) < 4.78 is 0. The van der Waals surface area contributed by atoms with Gasteiger partial charge in [-0.2, -0.15) is 0 Å². The molecule has 0 saturated carbocycles. The van der Waals surface area contributed by atoms with Gasteiger partial charge in [-0.05, 0) is 30.2 Å². The standard InChI is InChI=1S/C22H19Cl2NO2/c1-15(25-14-16-12-19(23)13-20(24)21(16)26)22(27,17-8-4-2-5-9-17)18-10-6-3-7-11-18/h2-15,26-27H,1H3/t15-/m1/s1. The third-order valence-corrected chi connectivity index (χ3v) is 5.03. The van der Waals surface area contributed by atoms with Gasteiger partial charge in [-0.1, -0.05) is 83.9 Å². The molecular formula is C22H19Cl2NO2. The Bertz CT molecular complexity index is 904. The van der Waals surface area contributed by atoms with E-state index in [0.717, 1.165) is 11.1 Å². The molecule has 0 aromatic heterocycles. The molecule has 138 valence electrons. The zero-order valence-corrected chi connectivity index (χ0v) is 16.2. The van der Waals surface area contributed by atoms with E-state index in [1.54, 1.807) is 6.07 Å². The maximum Gasteiger partial charge on any atom is 0.143 e. The summed E-state index contributed by atoms with van der Waals surface area (Å²) in [5.41, 5.74) is 0.517. The Morgan fingerprint density at radius 3 is 1.96 bits per heavy atom. The average Bonchev–Trinajstić information content (AvgIpc) is 2.70. The Balaban J connectivity index is 2.04. The zero-order valence-electron chi connectivity index (χ0n) is 14.7. The first-order chi connectivity index (χ1) is 12.9. The summed E-state index contributed by atoms with van der Waals surface area (Å²) in [5.74, 6) is -0.0972. The smallest absolute Gasteiger partial charge is 0.143 e. The van der Waals surface area contributed by atoms with Gasteiger partial charge >= 0.3 is 0 Å². The van der Waals surface area contributed by atoms with Crippen molar-refractivity contribution in [1.82, 2.24) is 0 Å². The van der Waals surface area contributed by atoms with Crippen molar-refractivity contribution in [3.05, 3.63) is 99.5 Å². The van der Waals surface area contributed by atoms with E-state index >= 15 is 0 Å². The molecule has 0 bridgehead atoms. The Labute approximate surface area is 168 Å². The quantitative estimate of drug-likeness (QED) is 0.560. The van der Waals surface area contributed by atoms with Crippen LogP contribution in [0.1, 0.15) is 23.6 Å². The number of hydrogen-bond acceptors (Lipinski definition) is 3. The molecule has 27 heavy (non-hydrogen) atoms. The van der Waals surface area contributed by atoms with Crippen LogP contribution in [-0.2, 0) is 5.60 Å². The lowest BCUT2D eigenvalue weighted by Crippen LogP contribution is -2.38. The Hall–Kier alpha value is -2.33. The summed E-state index contributed by atoms with van der Waals surface area (Å²) in [4.78, 5) is 4.51. The fourth-order valence-electron chi connectivity index (χ4n) is 3.02. The van der Waals surface area contributed by atoms with E-state index < -0.39 is 11.6 Å². The van der Waals surface area contributed by atoms with E-state index in [1.165, 1.54) is 12.3 Å². The number of benzene rings is 3. The minimum Gasteiger partial charge on any atom is -0.506 e. The topological polar surface area (TPSA) is 52.8 Å². The van der Waals surface area contributed by atoms with Crippen LogP contribution in [0.2, 0.25) is 10.0 Å². The zero-order chi connectivity index (χ0) is 19.4. The highest BCUT2D eigenvalue weighted by Gasteiger charge is 2.37. The molecule has 0 aliphatic heterocycles. The minimum absolute atomic E-state index is 0.0972. The van der Waals surface area contributed by atoms with Gasteiger partial charge in [-0.3, -0.25) is 4.99 Å². The fourth-order valence-corrected chi connectivity index (χ4v) is 3.53. The van der Waals surface area contributed by atoms with Crippen LogP contribution >= 0.6 is 23.2 Å². The summed E-state index contributed by atoms with van der Waals surface area (Å²) in [6, 6.07) is 21.3. The van der Waals surface area contributed by atoms with Crippen LogP contribution in [0.4, 0.5) is 0 Å². The van der Waals surface area contributed by atoms with Crippen LogP contribution in [0, 0.1) is 0 Å². The second kappa shape index (κ2) is 8.13. The summed E-state index contributed by atoms with van der Waals surface area (Å²) >= 11 is 12.0. The number of phenolic OH excluding ortho intramolecular Hbond substituents is 1. The second-order valence-electron chi connectivity index (χ2n) is 6.28. The summed E-state index contributed by atoms with van der Waals surface area (Å²) in [5, 5.41) is 22.3. The molecule has 0 fully saturated rings. The van der Waals surface area contributed by atoms with Crippen LogP contribution in [0.25, 0.3) is 0 Å². The number of hydrogen-bond donors (Lipinski definition) is 2. The second-order valence-corrected chi connectivity index (χ2v) is 7.12. The highest BCUT2D eigenvalue weighted by Crippen LogP contribution is 2.35. The van der Waals surface area contributed by atoms with Crippen LogP contribution in [-0.4, -0.2) is 22.5 Å². The number of nitrogens with zero attached hydrogens (tertiary/aromatic N) is 1. The molecule has 0 saturated heterocycles. The molecule has 3 aromatic carbocycles. The molecule has 0 aliphatic carbocycles. The van der Waals surface area contributed by atoms with E-state index in [0.29, 0.717) is 10.6 Å². The summed E-state index contributed by atoms with van der Waals surface area (Å²) in [6.45, 7) is 1.82. The number of phenols is 1. The lowest BCUT2D eigenvalue weighted by Gasteiger charge is -2.33. The maximum atomic E-state index is 11.7. The number of rotatable bonds is 5. The normalized spacial score (nSPS) is 13.0. The van der Waals surface area contributed by atoms with Crippen LogP contribution in [0.15, 0.2) is 77.8 Å². The van der Waals surface area contributed by atoms with Gasteiger partial charge < -0.3 is 10.2 Å². The van der Waals surface area contributed by atoms with E-state index in [2.05, 4.69) is 4.99 Å². The molecule has 0 spiro atoms. The first-order valence-corrected chi connectivity index (χ1v) is 9.23. The SMILES string of the molecule is C[C@@H](N=Cc1cc(Cl)cc(Cl)c1O)C(O)(c1ccccc1)c1ccccc1. The lowest BCUT2D eigenvalue weighted by molar-refractivity contribution is 0.0589. The van der Waals surface area contributed by atoms with Crippen molar-refractivity contribution in [2.75, 3.05) is 0 Å². The minimum atomic E-state index is -1.34. The lowest BCUT2D eigenvalue weighted by atomic mass is 9.81. The first kappa shape index (κ1) is 19.4. The van der Waals surface area contributed by atoms with Crippen molar-refractivity contribution in [3.8, 4) is 5.75 Å². The summed E-state index contributed by atoms with van der Waals surface area (Å²) in [6.07, 6.45) is 1.48. The third kappa shape index (κ3) is 4.01. The van der Waals surface area contributed by atoms with Gasteiger partial charge in [0.1, 0.15) is 11.4 Å². The van der Waals surface area contributed by atoms with Gasteiger partial charge in [0, 0.05) is 16.8 Å². The molecule has 5 heteroatoms. The molecule has 2 N–H and O–H groups in total. The van der Waals surface area contributed by atoms with Gasteiger partial charge in [0.05, 0.1) is 11.1 Å². The molecule has 0 heterocycles. The molecule has 3 aromatic rings. The molecule has 1 atom stereocenters. The predicted molar refractivity (Wildman–Crippen MR) is 111 cm³/mol. The van der Waals surface area contributed by atoms with Crippen molar-refractivity contribution < 1.29 is 10.2 Å². The molecule has 3 nitrogen and oxygen atoms in total. The van der Waals surface area contributed by atoms with Gasteiger partial charge in [0.25, 0.3) is 0 Å². The molecule has 0 amide bonds. The Morgan fingerprint density at radius 2 is 1.44 bits per heavy atom. The van der Waals surface area contributed by atoms with E-state index in [1.807, 2.05) is 67.6 Å². The van der Waals surface area contributed by atoms with Gasteiger partial charge in [0.15, 0.2) is 0 Å². The van der Waals surface area contributed by atoms with Crippen molar-refractivity contribution in [1.29, 1.82) is 0 Å². The highest BCUT2D eigenvalue weighted by molar-refractivity contribution is 6.36. The number of aliphatic imine (C=N–C) groups is 1. The summed E-state index contributed by atoms with van der Waals surface area (Å²) in [7, 11) is 0. The van der Waals surface area contributed by atoms with E-state index in [-0.39, 0.29) is 10.8 Å². The average molecular weight is 400 g/mol. The number of aromatic hydroxyl groups is 1. The van der Waals surface area contributed by atoms with Crippen molar-refractivity contribution in [3.63, 3.8) is 0 Å².